The van der Waals surface area contributed by atoms with Crippen molar-refractivity contribution in [3.05, 3.63) is 28.3 Å². The molecule has 0 amide bonds. The van der Waals surface area contributed by atoms with Gasteiger partial charge in [0.1, 0.15) is 5.69 Å². The van der Waals surface area contributed by atoms with Gasteiger partial charge < -0.3 is 10.1 Å². The highest BCUT2D eigenvalue weighted by molar-refractivity contribution is 7.84. The Bertz CT molecular complexity index is 477. The lowest BCUT2D eigenvalue weighted by Gasteiger charge is -2.12. The van der Waals surface area contributed by atoms with Crippen LogP contribution in [0.2, 0.25) is 0 Å². The van der Waals surface area contributed by atoms with Crippen LogP contribution in [0.15, 0.2) is 18.2 Å². The predicted molar refractivity (Wildman–Crippen MR) is 76.3 cm³/mol. The normalized spacial score (nSPS) is 12.2. The van der Waals surface area contributed by atoms with E-state index in [1.807, 2.05) is 13.8 Å². The molecule has 1 N–H and O–H groups in total. The Morgan fingerprint density at radius 3 is 2.68 bits per heavy atom. The zero-order valence-corrected chi connectivity index (χ0v) is 12.0. The van der Waals surface area contributed by atoms with E-state index in [0.717, 1.165) is 0 Å². The Morgan fingerprint density at radius 1 is 1.47 bits per heavy atom. The molecule has 0 heterocycles. The number of para-hydroxylation sites is 1. The summed E-state index contributed by atoms with van der Waals surface area (Å²) in [5.41, 5.74) is 0.298. The molecular formula is C12H18N2O4S. The first-order valence-electron chi connectivity index (χ1n) is 5.89. The van der Waals surface area contributed by atoms with E-state index in [-0.39, 0.29) is 17.5 Å². The summed E-state index contributed by atoms with van der Waals surface area (Å²) in [6, 6.07) is 4.88. The topological polar surface area (TPSA) is 81.5 Å². The van der Waals surface area contributed by atoms with E-state index in [1.54, 1.807) is 24.5 Å². The van der Waals surface area contributed by atoms with E-state index in [0.29, 0.717) is 18.0 Å². The van der Waals surface area contributed by atoms with Crippen LogP contribution in [0.1, 0.15) is 13.8 Å². The minimum atomic E-state index is -0.935. The quantitative estimate of drug-likeness (QED) is 0.613. The number of ether oxygens (including phenoxy) is 1. The fraction of sp³-hybridized carbons (Fsp3) is 0.500. The van der Waals surface area contributed by atoms with Gasteiger partial charge >= 0.3 is 5.69 Å². The van der Waals surface area contributed by atoms with Crippen molar-refractivity contribution in [2.24, 2.45) is 0 Å². The molecule has 1 aromatic rings. The van der Waals surface area contributed by atoms with Crippen LogP contribution in [0, 0.1) is 10.1 Å². The first kappa shape index (κ1) is 15.4. The van der Waals surface area contributed by atoms with Gasteiger partial charge in [0, 0.05) is 29.4 Å². The molecule has 0 aromatic heterocycles. The standard InChI is InChI=1S/C12H18N2O4S/c1-9(2)18-11-6-4-5-10(12(11)14(15)16)13-7-8-19(3)17/h4-6,9,13H,7-8H2,1-3H3. The number of hydrogen-bond acceptors (Lipinski definition) is 5. The molecule has 1 unspecified atom stereocenters. The van der Waals surface area contributed by atoms with Crippen LogP contribution in [0.3, 0.4) is 0 Å². The molecule has 19 heavy (non-hydrogen) atoms. The Labute approximate surface area is 114 Å². The second-order valence-electron chi connectivity index (χ2n) is 4.28. The number of nitro benzene ring substituents is 1. The summed E-state index contributed by atoms with van der Waals surface area (Å²) >= 11 is 0. The van der Waals surface area contributed by atoms with E-state index in [1.165, 1.54) is 0 Å². The van der Waals surface area contributed by atoms with Gasteiger partial charge in [-0.05, 0) is 26.0 Å². The first-order chi connectivity index (χ1) is 8.91. The molecule has 1 rings (SSSR count). The summed E-state index contributed by atoms with van der Waals surface area (Å²) in [6.45, 7) is 4.03. The van der Waals surface area contributed by atoms with Gasteiger partial charge in [-0.2, -0.15) is 0 Å². The van der Waals surface area contributed by atoms with Crippen molar-refractivity contribution in [2.75, 3.05) is 23.9 Å². The number of benzene rings is 1. The largest absolute Gasteiger partial charge is 0.484 e. The van der Waals surface area contributed by atoms with Gasteiger partial charge in [-0.25, -0.2) is 0 Å². The van der Waals surface area contributed by atoms with Crippen LogP contribution in [-0.2, 0) is 10.8 Å². The minimum absolute atomic E-state index is 0.0851. The van der Waals surface area contributed by atoms with Crippen LogP contribution >= 0.6 is 0 Å². The zero-order chi connectivity index (χ0) is 14.4. The second-order valence-corrected chi connectivity index (χ2v) is 5.83. The highest BCUT2D eigenvalue weighted by Gasteiger charge is 2.21. The number of nitrogens with zero attached hydrogens (tertiary/aromatic N) is 1. The number of nitrogens with one attached hydrogen (secondary N) is 1. The summed E-state index contributed by atoms with van der Waals surface area (Å²) in [7, 11) is -0.935. The van der Waals surface area contributed by atoms with E-state index in [4.69, 9.17) is 4.74 Å². The number of hydrogen-bond donors (Lipinski definition) is 1. The zero-order valence-electron chi connectivity index (χ0n) is 11.2. The molecule has 0 saturated carbocycles. The van der Waals surface area contributed by atoms with Gasteiger partial charge in [-0.1, -0.05) is 6.07 Å². The van der Waals surface area contributed by atoms with Crippen LogP contribution in [0.25, 0.3) is 0 Å². The van der Waals surface area contributed by atoms with Crippen LogP contribution in [0.5, 0.6) is 5.75 Å². The smallest absolute Gasteiger partial charge is 0.333 e. The molecular weight excluding hydrogens is 268 g/mol. The number of nitro groups is 1. The average Bonchev–Trinajstić information content (AvgIpc) is 2.27. The van der Waals surface area contributed by atoms with E-state index < -0.39 is 15.7 Å². The van der Waals surface area contributed by atoms with Crippen LogP contribution in [0.4, 0.5) is 11.4 Å². The molecule has 0 bridgehead atoms. The lowest BCUT2D eigenvalue weighted by Crippen LogP contribution is -2.12. The monoisotopic (exact) mass is 286 g/mol. The molecule has 0 spiro atoms. The van der Waals surface area contributed by atoms with Crippen molar-refractivity contribution in [1.29, 1.82) is 0 Å². The molecule has 7 heteroatoms. The molecule has 0 aliphatic heterocycles. The van der Waals surface area contributed by atoms with Crippen molar-refractivity contribution in [2.45, 2.75) is 20.0 Å². The highest BCUT2D eigenvalue weighted by atomic mass is 32.2. The SMILES string of the molecule is CC(C)Oc1cccc(NCCS(C)=O)c1[N+](=O)[O-]. The highest BCUT2D eigenvalue weighted by Crippen LogP contribution is 2.35. The van der Waals surface area contributed by atoms with E-state index in [9.17, 15) is 14.3 Å². The Morgan fingerprint density at radius 2 is 2.16 bits per heavy atom. The summed E-state index contributed by atoms with van der Waals surface area (Å²) in [4.78, 5) is 10.7. The fourth-order valence-electron chi connectivity index (χ4n) is 1.53. The third kappa shape index (κ3) is 4.86. The molecule has 1 atom stereocenters. The first-order valence-corrected chi connectivity index (χ1v) is 7.62. The fourth-order valence-corrected chi connectivity index (χ4v) is 1.92. The van der Waals surface area contributed by atoms with Gasteiger partial charge in [0.15, 0.2) is 5.75 Å². The Hall–Kier alpha value is -1.63. The molecule has 6 nitrogen and oxygen atoms in total. The van der Waals surface area contributed by atoms with Crippen molar-refractivity contribution in [3.63, 3.8) is 0 Å². The second kappa shape index (κ2) is 7.08. The molecule has 0 fully saturated rings. The van der Waals surface area contributed by atoms with Gasteiger partial charge in [0.2, 0.25) is 0 Å². The van der Waals surface area contributed by atoms with Gasteiger partial charge in [-0.15, -0.1) is 0 Å². The lowest BCUT2D eigenvalue weighted by molar-refractivity contribution is -0.385. The Kier molecular flexibility index (Phi) is 5.75. The minimum Gasteiger partial charge on any atom is -0.484 e. The van der Waals surface area contributed by atoms with Gasteiger partial charge in [0.25, 0.3) is 0 Å². The molecule has 0 aliphatic carbocycles. The van der Waals surface area contributed by atoms with Crippen LogP contribution in [-0.4, -0.2) is 33.8 Å². The number of rotatable bonds is 7. The van der Waals surface area contributed by atoms with Crippen molar-refractivity contribution >= 4 is 22.2 Å². The summed E-state index contributed by atoms with van der Waals surface area (Å²) in [5, 5.41) is 14.1. The molecule has 0 radical (unpaired) electrons. The Balaban J connectivity index is 2.96. The van der Waals surface area contributed by atoms with E-state index in [2.05, 4.69) is 5.32 Å². The van der Waals surface area contributed by atoms with E-state index >= 15 is 0 Å². The molecule has 106 valence electrons. The van der Waals surface area contributed by atoms with Crippen molar-refractivity contribution in [1.82, 2.24) is 0 Å². The molecule has 1 aromatic carbocycles. The molecule has 0 saturated heterocycles. The van der Waals surface area contributed by atoms with Gasteiger partial charge in [0.05, 0.1) is 11.0 Å². The maximum atomic E-state index is 11.1. The summed E-state index contributed by atoms with van der Waals surface area (Å²) < 4.78 is 16.4. The molecule has 0 aliphatic rings. The summed E-state index contributed by atoms with van der Waals surface area (Å²) in [5.74, 6) is 0.675. The van der Waals surface area contributed by atoms with Gasteiger partial charge in [-0.3, -0.25) is 14.3 Å². The van der Waals surface area contributed by atoms with Crippen LogP contribution < -0.4 is 10.1 Å². The maximum absolute atomic E-state index is 11.1. The van der Waals surface area contributed by atoms with Crippen molar-refractivity contribution in [3.8, 4) is 5.75 Å². The third-order valence-electron chi connectivity index (χ3n) is 2.25. The average molecular weight is 286 g/mol. The number of anilines is 1. The maximum Gasteiger partial charge on any atom is 0.333 e. The lowest BCUT2D eigenvalue weighted by atomic mass is 10.2. The van der Waals surface area contributed by atoms with Crippen molar-refractivity contribution < 1.29 is 13.9 Å². The predicted octanol–water partition coefficient (Wildman–Crippen LogP) is 2.17. The summed E-state index contributed by atoms with van der Waals surface area (Å²) in [6.07, 6.45) is 1.45. The third-order valence-corrected chi connectivity index (χ3v) is 3.03.